The molecule has 0 saturated carbocycles. The summed E-state index contributed by atoms with van der Waals surface area (Å²) in [5.41, 5.74) is -0.519. The summed E-state index contributed by atoms with van der Waals surface area (Å²) in [6, 6.07) is 3.46. The van der Waals surface area contributed by atoms with Crippen LogP contribution in [0.4, 0.5) is 13.2 Å². The predicted molar refractivity (Wildman–Crippen MR) is 93.6 cm³/mol. The summed E-state index contributed by atoms with van der Waals surface area (Å²) in [6.07, 6.45) is 1.96. The zero-order valence-corrected chi connectivity index (χ0v) is 16.4. The Morgan fingerprint density at radius 3 is 2.40 bits per heavy atom. The SMILES string of the molecule is CC(C#C[Si](C)(C)C)c1ccc2c(c1OS(=O)(=O)C(F)(F)F)CCC2. The van der Waals surface area contributed by atoms with E-state index in [1.807, 2.05) is 6.07 Å². The summed E-state index contributed by atoms with van der Waals surface area (Å²) >= 11 is 0. The second-order valence-electron chi connectivity index (χ2n) is 7.20. The third-order valence-electron chi connectivity index (χ3n) is 3.87. The van der Waals surface area contributed by atoms with Crippen LogP contribution in [0.1, 0.15) is 36.0 Å². The van der Waals surface area contributed by atoms with E-state index in [-0.39, 0.29) is 5.75 Å². The Morgan fingerprint density at radius 2 is 1.84 bits per heavy atom. The lowest BCUT2D eigenvalue weighted by Crippen LogP contribution is -2.29. The molecule has 1 unspecified atom stereocenters. The van der Waals surface area contributed by atoms with E-state index in [9.17, 15) is 21.6 Å². The van der Waals surface area contributed by atoms with Crippen molar-refractivity contribution in [3.63, 3.8) is 0 Å². The summed E-state index contributed by atoms with van der Waals surface area (Å²) in [6.45, 7) is 7.92. The first-order chi connectivity index (χ1) is 11.3. The molecule has 25 heavy (non-hydrogen) atoms. The minimum absolute atomic E-state index is 0.190. The molecule has 0 fully saturated rings. The summed E-state index contributed by atoms with van der Waals surface area (Å²) in [7, 11) is -7.38. The van der Waals surface area contributed by atoms with Crippen molar-refractivity contribution in [3.05, 3.63) is 28.8 Å². The van der Waals surface area contributed by atoms with Gasteiger partial charge in [-0.15, -0.1) is 11.5 Å². The Labute approximate surface area is 147 Å². The lowest BCUT2D eigenvalue weighted by molar-refractivity contribution is -0.0500. The third-order valence-corrected chi connectivity index (χ3v) is 5.71. The Morgan fingerprint density at radius 1 is 1.20 bits per heavy atom. The molecule has 1 aliphatic carbocycles. The Balaban J connectivity index is 2.53. The van der Waals surface area contributed by atoms with Crippen LogP contribution < -0.4 is 4.18 Å². The highest BCUT2D eigenvalue weighted by atomic mass is 32.2. The Kier molecular flexibility index (Phi) is 5.31. The van der Waals surface area contributed by atoms with E-state index in [0.717, 1.165) is 12.0 Å². The molecule has 1 atom stereocenters. The fourth-order valence-corrected chi connectivity index (χ4v) is 3.81. The molecule has 2 rings (SSSR count). The van der Waals surface area contributed by atoms with Gasteiger partial charge in [0.1, 0.15) is 8.07 Å². The van der Waals surface area contributed by atoms with E-state index in [0.29, 0.717) is 24.0 Å². The lowest BCUT2D eigenvalue weighted by atomic mass is 9.96. The molecular formula is C17H21F3O3SSi. The molecule has 0 aliphatic heterocycles. The Hall–Kier alpha value is -1.46. The highest BCUT2D eigenvalue weighted by molar-refractivity contribution is 7.88. The first kappa shape index (κ1) is 19.9. The molecule has 0 amide bonds. The molecule has 138 valence electrons. The number of fused-ring (bicyclic) bond motifs is 1. The van der Waals surface area contributed by atoms with Gasteiger partial charge in [0, 0.05) is 11.5 Å². The number of rotatable bonds is 3. The van der Waals surface area contributed by atoms with Gasteiger partial charge in [-0.05, 0) is 37.3 Å². The molecule has 1 aromatic carbocycles. The van der Waals surface area contributed by atoms with Crippen LogP contribution in [0.15, 0.2) is 12.1 Å². The zero-order valence-electron chi connectivity index (χ0n) is 14.6. The smallest absolute Gasteiger partial charge is 0.375 e. The monoisotopic (exact) mass is 390 g/mol. The van der Waals surface area contributed by atoms with E-state index in [1.54, 1.807) is 13.0 Å². The van der Waals surface area contributed by atoms with Gasteiger partial charge in [-0.25, -0.2) is 0 Å². The van der Waals surface area contributed by atoms with E-state index in [2.05, 4.69) is 35.3 Å². The van der Waals surface area contributed by atoms with Crippen molar-refractivity contribution in [2.24, 2.45) is 0 Å². The van der Waals surface area contributed by atoms with Crippen molar-refractivity contribution < 1.29 is 25.8 Å². The van der Waals surface area contributed by atoms with Gasteiger partial charge in [0.25, 0.3) is 0 Å². The minimum Gasteiger partial charge on any atom is -0.375 e. The second kappa shape index (κ2) is 6.69. The van der Waals surface area contributed by atoms with Gasteiger partial charge in [0.15, 0.2) is 5.75 Å². The predicted octanol–water partition coefficient (Wildman–Crippen LogP) is 4.39. The zero-order chi connectivity index (χ0) is 19.0. The second-order valence-corrected chi connectivity index (χ2v) is 13.5. The van der Waals surface area contributed by atoms with E-state index in [4.69, 9.17) is 0 Å². The minimum atomic E-state index is -5.71. The molecule has 0 saturated heterocycles. The van der Waals surface area contributed by atoms with Gasteiger partial charge in [0.2, 0.25) is 0 Å². The average molecular weight is 390 g/mol. The van der Waals surface area contributed by atoms with Crippen LogP contribution in [0.5, 0.6) is 5.75 Å². The lowest BCUT2D eigenvalue weighted by Gasteiger charge is -2.18. The molecule has 3 nitrogen and oxygen atoms in total. The summed E-state index contributed by atoms with van der Waals surface area (Å²) in [5.74, 6) is 2.44. The number of halogens is 3. The quantitative estimate of drug-likeness (QED) is 0.333. The van der Waals surface area contributed by atoms with Crippen molar-refractivity contribution in [1.82, 2.24) is 0 Å². The number of benzene rings is 1. The molecule has 0 bridgehead atoms. The maximum Gasteiger partial charge on any atom is 0.534 e. The van der Waals surface area contributed by atoms with Gasteiger partial charge in [0.05, 0.1) is 0 Å². The van der Waals surface area contributed by atoms with Gasteiger partial charge in [-0.3, -0.25) is 0 Å². The average Bonchev–Trinajstić information content (AvgIpc) is 2.91. The maximum absolute atomic E-state index is 12.8. The summed E-state index contributed by atoms with van der Waals surface area (Å²) in [5, 5.41) is 0. The third kappa shape index (κ3) is 4.58. The molecule has 1 aromatic rings. The van der Waals surface area contributed by atoms with Crippen LogP contribution in [0, 0.1) is 11.5 Å². The van der Waals surface area contributed by atoms with Crippen LogP contribution in [0.25, 0.3) is 0 Å². The molecule has 0 spiro atoms. The fourth-order valence-electron chi connectivity index (χ4n) is 2.65. The highest BCUT2D eigenvalue weighted by Gasteiger charge is 2.49. The normalized spacial score (nSPS) is 16.0. The van der Waals surface area contributed by atoms with Crippen LogP contribution in [-0.2, 0) is 23.0 Å². The molecule has 0 N–H and O–H groups in total. The van der Waals surface area contributed by atoms with Crippen molar-refractivity contribution in [2.75, 3.05) is 0 Å². The molecule has 0 radical (unpaired) electrons. The molecule has 0 aromatic heterocycles. The van der Waals surface area contributed by atoms with Crippen LogP contribution in [-0.4, -0.2) is 22.0 Å². The summed E-state index contributed by atoms with van der Waals surface area (Å²) in [4.78, 5) is 0. The molecule has 0 heterocycles. The molecule has 1 aliphatic rings. The van der Waals surface area contributed by atoms with Crippen molar-refractivity contribution >= 4 is 18.2 Å². The standard InChI is InChI=1S/C17H21F3O3SSi/c1-12(10-11-25(2,3)4)14-9-8-13-6-5-7-15(13)16(14)23-24(21,22)17(18,19)20/h8-9,12H,5-7H2,1-4H3. The number of alkyl halides is 3. The first-order valence-electron chi connectivity index (χ1n) is 8.00. The van der Waals surface area contributed by atoms with Crippen molar-refractivity contribution in [3.8, 4) is 17.2 Å². The number of aryl methyl sites for hydroxylation is 1. The van der Waals surface area contributed by atoms with Crippen molar-refractivity contribution in [1.29, 1.82) is 0 Å². The van der Waals surface area contributed by atoms with Crippen LogP contribution >= 0.6 is 0 Å². The first-order valence-corrected chi connectivity index (χ1v) is 12.9. The molecule has 8 heteroatoms. The van der Waals surface area contributed by atoms with E-state index >= 15 is 0 Å². The van der Waals surface area contributed by atoms with Crippen LogP contribution in [0.3, 0.4) is 0 Å². The highest BCUT2D eigenvalue weighted by Crippen LogP contribution is 2.40. The maximum atomic E-state index is 12.8. The largest absolute Gasteiger partial charge is 0.534 e. The van der Waals surface area contributed by atoms with Gasteiger partial charge >= 0.3 is 15.6 Å². The Bertz CT molecular complexity index is 828. The molecular weight excluding hydrogens is 369 g/mol. The number of hydrogen-bond acceptors (Lipinski definition) is 3. The van der Waals surface area contributed by atoms with Gasteiger partial charge in [-0.2, -0.15) is 21.6 Å². The topological polar surface area (TPSA) is 43.4 Å². The van der Waals surface area contributed by atoms with E-state index < -0.39 is 29.6 Å². The summed E-state index contributed by atoms with van der Waals surface area (Å²) < 4.78 is 66.0. The van der Waals surface area contributed by atoms with Crippen LogP contribution in [0.2, 0.25) is 19.6 Å². The van der Waals surface area contributed by atoms with Gasteiger partial charge in [-0.1, -0.05) is 31.8 Å². The van der Waals surface area contributed by atoms with E-state index in [1.165, 1.54) is 0 Å². The number of hydrogen-bond donors (Lipinski definition) is 0. The van der Waals surface area contributed by atoms with Crippen molar-refractivity contribution in [2.45, 2.75) is 57.3 Å². The fraction of sp³-hybridized carbons (Fsp3) is 0.529. The van der Waals surface area contributed by atoms with Gasteiger partial charge < -0.3 is 4.18 Å².